The van der Waals surface area contributed by atoms with Gasteiger partial charge in [0, 0.05) is 24.2 Å². The summed E-state index contributed by atoms with van der Waals surface area (Å²) < 4.78 is 34.3. The minimum Gasteiger partial charge on any atom is -0.442 e. The molecule has 0 aliphatic carbocycles. The first-order valence-electron chi connectivity index (χ1n) is 9.26. The zero-order valence-corrected chi connectivity index (χ0v) is 15.8. The Morgan fingerprint density at radius 2 is 1.93 bits per heavy atom. The number of rotatable bonds is 5. The number of alkyl carbamates (subject to hydrolysis) is 1. The second-order valence-electron chi connectivity index (χ2n) is 7.53. The lowest BCUT2D eigenvalue weighted by Crippen LogP contribution is -2.54. The maximum atomic E-state index is 14.5. The summed E-state index contributed by atoms with van der Waals surface area (Å²) in [7, 11) is 0. The van der Waals surface area contributed by atoms with Crippen molar-refractivity contribution in [1.82, 2.24) is 10.6 Å². The van der Waals surface area contributed by atoms with Gasteiger partial charge in [-0.15, -0.1) is 0 Å². The first-order valence-corrected chi connectivity index (χ1v) is 9.26. The predicted octanol–water partition coefficient (Wildman–Crippen LogP) is 2.06. The predicted molar refractivity (Wildman–Crippen MR) is 96.8 cm³/mol. The van der Waals surface area contributed by atoms with Crippen molar-refractivity contribution in [1.29, 1.82) is 0 Å². The van der Waals surface area contributed by atoms with E-state index in [0.717, 1.165) is 12.1 Å². The molecule has 1 aromatic carbocycles. The molecule has 0 radical (unpaired) electrons. The van der Waals surface area contributed by atoms with Gasteiger partial charge < -0.3 is 15.0 Å². The Hall–Kier alpha value is -2.71. The number of imide groups is 1. The van der Waals surface area contributed by atoms with Gasteiger partial charge in [-0.25, -0.2) is 13.6 Å². The first-order chi connectivity index (χ1) is 13.2. The van der Waals surface area contributed by atoms with E-state index in [2.05, 4.69) is 10.6 Å². The molecule has 0 aromatic heterocycles. The van der Waals surface area contributed by atoms with Crippen LogP contribution >= 0.6 is 0 Å². The molecule has 3 amide bonds. The fourth-order valence-electron chi connectivity index (χ4n) is 3.26. The van der Waals surface area contributed by atoms with E-state index in [4.69, 9.17) is 4.74 Å². The van der Waals surface area contributed by atoms with Crippen molar-refractivity contribution >= 4 is 23.6 Å². The number of amides is 3. The number of ether oxygens (including phenoxy) is 1. The number of hydrogen-bond acceptors (Lipinski definition) is 5. The molecule has 152 valence electrons. The van der Waals surface area contributed by atoms with Crippen LogP contribution in [0.2, 0.25) is 0 Å². The molecule has 1 unspecified atom stereocenters. The van der Waals surface area contributed by atoms with Gasteiger partial charge in [0.15, 0.2) is 0 Å². The zero-order valence-electron chi connectivity index (χ0n) is 15.8. The lowest BCUT2D eigenvalue weighted by molar-refractivity contribution is -0.134. The number of nitrogens with one attached hydrogen (secondary N) is 2. The number of piperidine rings is 1. The van der Waals surface area contributed by atoms with Crippen molar-refractivity contribution in [2.75, 3.05) is 24.5 Å². The highest BCUT2D eigenvalue weighted by molar-refractivity contribution is 6.01. The Morgan fingerprint density at radius 1 is 1.29 bits per heavy atom. The Morgan fingerprint density at radius 3 is 2.50 bits per heavy atom. The normalized spacial score (nSPS) is 20.0. The Labute approximate surface area is 161 Å². The van der Waals surface area contributed by atoms with Crippen molar-refractivity contribution in [2.45, 2.75) is 38.7 Å². The lowest BCUT2D eigenvalue weighted by Gasteiger charge is -2.40. The molecule has 0 saturated carbocycles. The van der Waals surface area contributed by atoms with E-state index < -0.39 is 35.5 Å². The minimum absolute atomic E-state index is 0.0427. The van der Waals surface area contributed by atoms with E-state index in [1.807, 2.05) is 13.8 Å². The maximum absolute atomic E-state index is 14.5. The smallest absolute Gasteiger partial charge is 0.407 e. The van der Waals surface area contributed by atoms with Crippen LogP contribution in [-0.4, -0.2) is 43.6 Å². The molecule has 28 heavy (non-hydrogen) atoms. The Bertz CT molecular complexity index is 770. The molecule has 2 aliphatic rings. The topological polar surface area (TPSA) is 87.7 Å². The van der Waals surface area contributed by atoms with Crippen LogP contribution in [0.25, 0.3) is 0 Å². The van der Waals surface area contributed by atoms with Gasteiger partial charge in [-0.1, -0.05) is 13.8 Å². The second kappa shape index (κ2) is 8.12. The molecule has 3 rings (SSSR count). The van der Waals surface area contributed by atoms with Crippen LogP contribution in [0, 0.1) is 17.6 Å². The third-order valence-corrected chi connectivity index (χ3v) is 4.79. The SMILES string of the molecule is CC(C)CNC(=O)OC1CN(c2cc(F)c(C3CCC(=O)NC3=O)c(F)c2)C1. The fraction of sp³-hybridized carbons (Fsp3) is 0.526. The summed E-state index contributed by atoms with van der Waals surface area (Å²) in [5.41, 5.74) is -0.0105. The monoisotopic (exact) mass is 395 g/mol. The van der Waals surface area contributed by atoms with Crippen LogP contribution in [0.3, 0.4) is 0 Å². The molecule has 2 saturated heterocycles. The van der Waals surface area contributed by atoms with Crippen molar-refractivity contribution < 1.29 is 27.9 Å². The molecule has 1 aromatic rings. The quantitative estimate of drug-likeness (QED) is 0.745. The number of carbonyl (C=O) groups is 3. The minimum atomic E-state index is -1.02. The summed E-state index contributed by atoms with van der Waals surface area (Å²) in [6.07, 6.45) is -0.749. The van der Waals surface area contributed by atoms with Gasteiger partial charge in [0.25, 0.3) is 0 Å². The third kappa shape index (κ3) is 4.40. The third-order valence-electron chi connectivity index (χ3n) is 4.79. The van der Waals surface area contributed by atoms with E-state index in [-0.39, 0.29) is 24.5 Å². The fourth-order valence-corrected chi connectivity index (χ4v) is 3.26. The number of halogens is 2. The van der Waals surface area contributed by atoms with E-state index in [1.54, 1.807) is 4.90 Å². The van der Waals surface area contributed by atoms with Gasteiger partial charge in [0.1, 0.15) is 17.7 Å². The summed E-state index contributed by atoms with van der Waals surface area (Å²) in [5.74, 6) is -3.51. The number of nitrogens with zero attached hydrogens (tertiary/aromatic N) is 1. The van der Waals surface area contributed by atoms with Crippen LogP contribution < -0.4 is 15.5 Å². The average molecular weight is 395 g/mol. The van der Waals surface area contributed by atoms with E-state index >= 15 is 0 Å². The van der Waals surface area contributed by atoms with Crippen molar-refractivity contribution in [3.05, 3.63) is 29.3 Å². The molecule has 9 heteroatoms. The molecule has 0 spiro atoms. The lowest BCUT2D eigenvalue weighted by atomic mass is 9.89. The van der Waals surface area contributed by atoms with Crippen molar-refractivity contribution in [2.24, 2.45) is 5.92 Å². The number of hydrogen-bond donors (Lipinski definition) is 2. The summed E-state index contributed by atoms with van der Waals surface area (Å²) >= 11 is 0. The maximum Gasteiger partial charge on any atom is 0.407 e. The van der Waals surface area contributed by atoms with E-state index in [0.29, 0.717) is 31.2 Å². The summed E-state index contributed by atoms with van der Waals surface area (Å²) in [5, 5.41) is 4.75. The zero-order chi connectivity index (χ0) is 20.4. The molecule has 1 atom stereocenters. The van der Waals surface area contributed by atoms with Gasteiger partial charge in [-0.05, 0) is 24.5 Å². The highest BCUT2D eigenvalue weighted by atomic mass is 19.1. The summed E-state index contributed by atoms with van der Waals surface area (Å²) in [6.45, 7) is 5.09. The number of anilines is 1. The molecule has 7 nitrogen and oxygen atoms in total. The highest BCUT2D eigenvalue weighted by Crippen LogP contribution is 2.33. The summed E-state index contributed by atoms with van der Waals surface area (Å²) in [4.78, 5) is 36.5. The van der Waals surface area contributed by atoms with Crippen LogP contribution in [0.4, 0.5) is 19.3 Å². The molecule has 2 heterocycles. The van der Waals surface area contributed by atoms with Crippen LogP contribution in [0.1, 0.15) is 38.2 Å². The molecular weight excluding hydrogens is 372 g/mol. The van der Waals surface area contributed by atoms with E-state index in [1.165, 1.54) is 0 Å². The molecule has 0 bridgehead atoms. The molecular formula is C19H23F2N3O4. The standard InChI is InChI=1S/C19H23F2N3O4/c1-10(2)7-22-19(27)28-12-8-24(9-12)11-5-14(20)17(15(21)6-11)13-3-4-16(25)23-18(13)26/h5-6,10,12-13H,3-4,7-9H2,1-2H3,(H,22,27)(H,23,25,26). The average Bonchev–Trinajstić information content (AvgIpc) is 2.57. The molecule has 2 N–H and O–H groups in total. The van der Waals surface area contributed by atoms with Gasteiger partial charge in [0.2, 0.25) is 11.8 Å². The first kappa shape index (κ1) is 20.0. The Kier molecular flexibility index (Phi) is 5.81. The molecule has 2 aliphatic heterocycles. The van der Waals surface area contributed by atoms with E-state index in [9.17, 15) is 23.2 Å². The second-order valence-corrected chi connectivity index (χ2v) is 7.53. The van der Waals surface area contributed by atoms with Crippen molar-refractivity contribution in [3.8, 4) is 0 Å². The van der Waals surface area contributed by atoms with Gasteiger partial charge >= 0.3 is 6.09 Å². The molecule has 2 fully saturated rings. The number of benzene rings is 1. The van der Waals surface area contributed by atoms with Gasteiger partial charge in [-0.3, -0.25) is 14.9 Å². The van der Waals surface area contributed by atoms with Gasteiger partial charge in [0.05, 0.1) is 19.0 Å². The van der Waals surface area contributed by atoms with Crippen LogP contribution in [-0.2, 0) is 14.3 Å². The largest absolute Gasteiger partial charge is 0.442 e. The highest BCUT2D eigenvalue weighted by Gasteiger charge is 2.35. The van der Waals surface area contributed by atoms with Crippen molar-refractivity contribution in [3.63, 3.8) is 0 Å². The van der Waals surface area contributed by atoms with Gasteiger partial charge in [-0.2, -0.15) is 0 Å². The van der Waals surface area contributed by atoms with Crippen LogP contribution in [0.15, 0.2) is 12.1 Å². The van der Waals surface area contributed by atoms with Crippen LogP contribution in [0.5, 0.6) is 0 Å². The number of carbonyl (C=O) groups excluding carboxylic acids is 3. The summed E-state index contributed by atoms with van der Waals surface area (Å²) in [6, 6.07) is 2.33. The Balaban J connectivity index is 1.61.